The van der Waals surface area contributed by atoms with Crippen molar-refractivity contribution in [3.05, 3.63) is 29.3 Å². The van der Waals surface area contributed by atoms with E-state index in [1.165, 1.54) is 6.07 Å². The summed E-state index contributed by atoms with van der Waals surface area (Å²) < 4.78 is 28.2. The zero-order valence-corrected chi connectivity index (χ0v) is 13.2. The lowest BCUT2D eigenvalue weighted by molar-refractivity contribution is 0.220. The minimum absolute atomic E-state index is 0.0412. The molecule has 6 heteroatoms. The maximum Gasteiger partial charge on any atom is 0.182 e. The third-order valence-electron chi connectivity index (χ3n) is 4.26. The summed E-state index contributed by atoms with van der Waals surface area (Å²) in [5.74, 6) is -1.83. The molecule has 1 aliphatic rings. The number of piperidine rings is 1. The lowest BCUT2D eigenvalue weighted by Gasteiger charge is -2.37. The number of nitrogens with zero attached hydrogens (tertiary/aromatic N) is 2. The maximum atomic E-state index is 14.2. The fourth-order valence-electron chi connectivity index (χ4n) is 2.82. The van der Waals surface area contributed by atoms with Crippen molar-refractivity contribution >= 4 is 22.9 Å². The predicted molar refractivity (Wildman–Crippen MR) is 85.8 cm³/mol. The summed E-state index contributed by atoms with van der Waals surface area (Å²) in [5, 5.41) is 0. The monoisotopic (exact) mass is 313 g/mol. The molecule has 1 aromatic carbocycles. The summed E-state index contributed by atoms with van der Waals surface area (Å²) in [6.45, 7) is 5.14. The molecule has 0 spiro atoms. The number of anilines is 1. The molecule has 1 fully saturated rings. The number of likely N-dealkylation sites (tertiary alicyclic amines) is 1. The summed E-state index contributed by atoms with van der Waals surface area (Å²) in [4.78, 5) is 4.06. The molecule has 2 N–H and O–H groups in total. The van der Waals surface area contributed by atoms with Crippen LogP contribution in [0.2, 0.25) is 0 Å². The van der Waals surface area contributed by atoms with Crippen LogP contribution in [-0.2, 0) is 0 Å². The molecule has 0 bridgehead atoms. The van der Waals surface area contributed by atoms with Crippen LogP contribution < -0.4 is 10.6 Å². The number of rotatable bonds is 4. The van der Waals surface area contributed by atoms with Crippen molar-refractivity contribution < 1.29 is 8.78 Å². The molecule has 1 saturated heterocycles. The first kappa shape index (κ1) is 16.1. The number of hydrogen-bond acceptors (Lipinski definition) is 3. The lowest BCUT2D eigenvalue weighted by Crippen LogP contribution is -2.43. The van der Waals surface area contributed by atoms with Gasteiger partial charge in [-0.25, -0.2) is 8.78 Å². The molecule has 0 radical (unpaired) electrons. The Morgan fingerprint density at radius 1 is 1.33 bits per heavy atom. The van der Waals surface area contributed by atoms with E-state index in [0.717, 1.165) is 32.5 Å². The second-order valence-electron chi connectivity index (χ2n) is 5.40. The lowest BCUT2D eigenvalue weighted by atomic mass is 10.0. The molecule has 0 saturated carbocycles. The van der Waals surface area contributed by atoms with Crippen LogP contribution in [0.4, 0.5) is 14.5 Å². The largest absolute Gasteiger partial charge is 0.389 e. The third kappa shape index (κ3) is 3.32. The van der Waals surface area contributed by atoms with Gasteiger partial charge in [-0.3, -0.25) is 0 Å². The highest BCUT2D eigenvalue weighted by Crippen LogP contribution is 2.27. The summed E-state index contributed by atoms with van der Waals surface area (Å²) >= 11 is 4.72. The summed E-state index contributed by atoms with van der Waals surface area (Å²) in [5.41, 5.74) is 5.61. The van der Waals surface area contributed by atoms with Crippen LogP contribution in [0.15, 0.2) is 12.1 Å². The van der Waals surface area contributed by atoms with E-state index in [4.69, 9.17) is 18.0 Å². The van der Waals surface area contributed by atoms with Crippen LogP contribution >= 0.6 is 12.2 Å². The van der Waals surface area contributed by atoms with Crippen molar-refractivity contribution in [1.29, 1.82) is 0 Å². The zero-order chi connectivity index (χ0) is 15.6. The van der Waals surface area contributed by atoms with E-state index in [1.54, 1.807) is 6.07 Å². The Morgan fingerprint density at radius 3 is 2.48 bits per heavy atom. The second kappa shape index (κ2) is 6.66. The van der Waals surface area contributed by atoms with Crippen molar-refractivity contribution in [3.63, 3.8) is 0 Å². The van der Waals surface area contributed by atoms with Crippen molar-refractivity contribution in [1.82, 2.24) is 4.90 Å². The second-order valence-corrected chi connectivity index (χ2v) is 5.84. The Morgan fingerprint density at radius 2 is 1.95 bits per heavy atom. The van der Waals surface area contributed by atoms with Crippen molar-refractivity contribution in [2.45, 2.75) is 25.8 Å². The van der Waals surface area contributed by atoms with Crippen molar-refractivity contribution in [3.8, 4) is 0 Å². The highest BCUT2D eigenvalue weighted by molar-refractivity contribution is 7.80. The highest BCUT2D eigenvalue weighted by atomic mass is 32.1. The highest BCUT2D eigenvalue weighted by Gasteiger charge is 2.25. The van der Waals surface area contributed by atoms with Gasteiger partial charge in [0.25, 0.3) is 0 Å². The average Bonchev–Trinajstić information content (AvgIpc) is 2.49. The number of nitrogens with two attached hydrogens (primary N) is 1. The number of hydrogen-bond donors (Lipinski definition) is 1. The number of benzene rings is 1. The molecule has 0 amide bonds. The minimum Gasteiger partial charge on any atom is -0.389 e. The van der Waals surface area contributed by atoms with Crippen LogP contribution in [0.3, 0.4) is 0 Å². The first-order valence-corrected chi connectivity index (χ1v) is 7.59. The Kier molecular flexibility index (Phi) is 5.11. The van der Waals surface area contributed by atoms with Gasteiger partial charge in [-0.05, 0) is 31.5 Å². The first-order chi connectivity index (χ1) is 9.95. The van der Waals surface area contributed by atoms with E-state index < -0.39 is 11.6 Å². The minimum atomic E-state index is -0.960. The van der Waals surface area contributed by atoms with Gasteiger partial charge in [0, 0.05) is 31.7 Å². The summed E-state index contributed by atoms with van der Waals surface area (Å²) in [6, 6.07) is 3.23. The van der Waals surface area contributed by atoms with Gasteiger partial charge in [-0.1, -0.05) is 19.1 Å². The molecular weight excluding hydrogens is 292 g/mol. The van der Waals surface area contributed by atoms with E-state index >= 15 is 0 Å². The molecule has 1 aromatic rings. The molecule has 0 unspecified atom stereocenters. The van der Waals surface area contributed by atoms with E-state index in [1.807, 2.05) is 11.9 Å². The van der Waals surface area contributed by atoms with E-state index in [2.05, 4.69) is 11.8 Å². The SMILES string of the molecule is CCN1CCC(N(C)c2ccc(C(N)=S)c(F)c2F)CC1. The summed E-state index contributed by atoms with van der Waals surface area (Å²) in [7, 11) is 1.81. The van der Waals surface area contributed by atoms with Gasteiger partial charge in [0.2, 0.25) is 0 Å². The molecular formula is C15H21F2N3S. The fourth-order valence-corrected chi connectivity index (χ4v) is 2.98. The fraction of sp³-hybridized carbons (Fsp3) is 0.533. The molecule has 0 atom stereocenters. The summed E-state index contributed by atoms with van der Waals surface area (Å²) in [6.07, 6.45) is 1.89. The Bertz CT molecular complexity index is 528. The van der Waals surface area contributed by atoms with Gasteiger partial charge in [0.05, 0.1) is 5.69 Å². The quantitative estimate of drug-likeness (QED) is 0.866. The van der Waals surface area contributed by atoms with Crippen LogP contribution in [0.25, 0.3) is 0 Å². The molecule has 116 valence electrons. The Labute approximate surface area is 129 Å². The van der Waals surface area contributed by atoms with Gasteiger partial charge >= 0.3 is 0 Å². The Hall–Kier alpha value is -1.27. The van der Waals surface area contributed by atoms with E-state index in [9.17, 15) is 8.78 Å². The average molecular weight is 313 g/mol. The molecule has 0 aliphatic carbocycles. The van der Waals surface area contributed by atoms with Crippen molar-refractivity contribution in [2.75, 3.05) is 31.6 Å². The first-order valence-electron chi connectivity index (χ1n) is 7.18. The topological polar surface area (TPSA) is 32.5 Å². The molecule has 1 heterocycles. The molecule has 0 aromatic heterocycles. The standard InChI is InChI=1S/C15H21F2N3S/c1-3-20-8-6-10(7-9-20)19(2)12-5-4-11(15(18)21)13(16)14(12)17/h4-5,10H,3,6-9H2,1-2H3,(H2,18,21). The number of thiocarbonyl (C=S) groups is 1. The van der Waals surface area contributed by atoms with Gasteiger partial charge in [0.1, 0.15) is 4.99 Å². The van der Waals surface area contributed by atoms with Crippen LogP contribution in [0.5, 0.6) is 0 Å². The van der Waals surface area contributed by atoms with Gasteiger partial charge < -0.3 is 15.5 Å². The zero-order valence-electron chi connectivity index (χ0n) is 12.4. The van der Waals surface area contributed by atoms with Crippen LogP contribution in [0.1, 0.15) is 25.3 Å². The van der Waals surface area contributed by atoms with E-state index in [0.29, 0.717) is 0 Å². The maximum absolute atomic E-state index is 14.2. The molecule has 3 nitrogen and oxygen atoms in total. The molecule has 1 aliphatic heterocycles. The smallest absolute Gasteiger partial charge is 0.182 e. The number of halogens is 2. The Balaban J connectivity index is 2.18. The predicted octanol–water partition coefficient (Wildman–Crippen LogP) is 2.52. The van der Waals surface area contributed by atoms with Gasteiger partial charge in [-0.15, -0.1) is 0 Å². The molecule has 2 rings (SSSR count). The van der Waals surface area contributed by atoms with Gasteiger partial charge in [0.15, 0.2) is 11.6 Å². The van der Waals surface area contributed by atoms with Crippen LogP contribution in [0, 0.1) is 11.6 Å². The molecule has 21 heavy (non-hydrogen) atoms. The third-order valence-corrected chi connectivity index (χ3v) is 4.48. The van der Waals surface area contributed by atoms with Crippen LogP contribution in [-0.4, -0.2) is 42.6 Å². The van der Waals surface area contributed by atoms with Gasteiger partial charge in [-0.2, -0.15) is 0 Å². The van der Waals surface area contributed by atoms with E-state index in [-0.39, 0.29) is 22.3 Å². The normalized spacial score (nSPS) is 17.0. The van der Waals surface area contributed by atoms with Crippen molar-refractivity contribution in [2.24, 2.45) is 5.73 Å².